The number of hydrogen-bond acceptors (Lipinski definition) is 3. The fraction of sp³-hybridized carbons (Fsp3) is 0. The third-order valence-electron chi connectivity index (χ3n) is 3.30. The second kappa shape index (κ2) is 5.39. The molecule has 0 aliphatic carbocycles. The molecule has 4 aromatic rings. The van der Waals surface area contributed by atoms with E-state index in [9.17, 15) is 0 Å². The molecule has 108 valence electrons. The molecular formula is C16H9Cl2N3S. The molecule has 0 fully saturated rings. The van der Waals surface area contributed by atoms with Crippen LogP contribution in [0.1, 0.15) is 0 Å². The summed E-state index contributed by atoms with van der Waals surface area (Å²) in [6.07, 6.45) is 0. The van der Waals surface area contributed by atoms with E-state index in [0.717, 1.165) is 21.8 Å². The predicted octanol–water partition coefficient (Wildman–Crippen LogP) is 5.43. The topological polar surface area (TPSA) is 30.2 Å². The van der Waals surface area contributed by atoms with Gasteiger partial charge in [-0.05, 0) is 24.3 Å². The molecule has 4 rings (SSSR count). The van der Waals surface area contributed by atoms with Gasteiger partial charge in [-0.15, -0.1) is 16.4 Å². The highest BCUT2D eigenvalue weighted by atomic mass is 35.5. The van der Waals surface area contributed by atoms with Crippen molar-refractivity contribution in [1.82, 2.24) is 14.6 Å². The van der Waals surface area contributed by atoms with Gasteiger partial charge in [0.15, 0.2) is 5.82 Å². The largest absolute Gasteiger partial charge is 0.213 e. The fourth-order valence-electron chi connectivity index (χ4n) is 2.25. The molecule has 0 saturated heterocycles. The zero-order valence-electron chi connectivity index (χ0n) is 11.2. The molecule has 6 heteroatoms. The zero-order valence-corrected chi connectivity index (χ0v) is 13.5. The molecule has 0 amide bonds. The van der Waals surface area contributed by atoms with E-state index in [1.54, 1.807) is 11.3 Å². The van der Waals surface area contributed by atoms with Crippen LogP contribution in [0.2, 0.25) is 10.0 Å². The third kappa shape index (κ3) is 2.39. The van der Waals surface area contributed by atoms with Crippen LogP contribution >= 0.6 is 34.5 Å². The highest BCUT2D eigenvalue weighted by Gasteiger charge is 2.12. The maximum atomic E-state index is 6.04. The lowest BCUT2D eigenvalue weighted by Gasteiger charge is -1.99. The highest BCUT2D eigenvalue weighted by Crippen LogP contribution is 2.28. The Morgan fingerprint density at radius 3 is 2.50 bits per heavy atom. The van der Waals surface area contributed by atoms with E-state index in [0.29, 0.717) is 15.9 Å². The van der Waals surface area contributed by atoms with E-state index in [1.165, 1.54) is 0 Å². The molecular weight excluding hydrogens is 337 g/mol. The minimum Gasteiger partial charge on any atom is -0.203 e. The van der Waals surface area contributed by atoms with Crippen molar-refractivity contribution in [2.24, 2.45) is 0 Å². The summed E-state index contributed by atoms with van der Waals surface area (Å²) in [7, 11) is 0. The first kappa shape index (κ1) is 13.8. The summed E-state index contributed by atoms with van der Waals surface area (Å²) in [4.78, 5) is 5.42. The average molecular weight is 346 g/mol. The van der Waals surface area contributed by atoms with Gasteiger partial charge in [0.25, 0.3) is 0 Å². The molecule has 2 heterocycles. The monoisotopic (exact) mass is 345 g/mol. The molecule has 0 aliphatic rings. The summed E-state index contributed by atoms with van der Waals surface area (Å²) in [6.45, 7) is 0. The Morgan fingerprint density at radius 2 is 1.73 bits per heavy atom. The Bertz CT molecular complexity index is 957. The molecule has 0 unspecified atom stereocenters. The van der Waals surface area contributed by atoms with Crippen molar-refractivity contribution in [3.63, 3.8) is 0 Å². The lowest BCUT2D eigenvalue weighted by Crippen LogP contribution is -1.89. The Labute approximate surface area is 140 Å². The van der Waals surface area contributed by atoms with E-state index < -0.39 is 0 Å². The molecule has 0 radical (unpaired) electrons. The van der Waals surface area contributed by atoms with Gasteiger partial charge in [-0.25, -0.2) is 4.52 Å². The fourth-order valence-corrected chi connectivity index (χ4v) is 3.40. The molecule has 2 aromatic heterocycles. The van der Waals surface area contributed by atoms with Gasteiger partial charge in [-0.2, -0.15) is 4.98 Å². The second-order valence-electron chi connectivity index (χ2n) is 4.77. The summed E-state index contributed by atoms with van der Waals surface area (Å²) in [6, 6.07) is 15.2. The molecule has 0 atom stereocenters. The first-order chi connectivity index (χ1) is 10.7. The molecule has 2 aromatic carbocycles. The van der Waals surface area contributed by atoms with E-state index in [1.807, 2.05) is 58.4 Å². The van der Waals surface area contributed by atoms with Crippen LogP contribution in [-0.4, -0.2) is 14.6 Å². The lowest BCUT2D eigenvalue weighted by molar-refractivity contribution is 0.990. The van der Waals surface area contributed by atoms with Crippen LogP contribution in [-0.2, 0) is 0 Å². The van der Waals surface area contributed by atoms with Crippen molar-refractivity contribution in [2.45, 2.75) is 0 Å². The van der Waals surface area contributed by atoms with E-state index in [4.69, 9.17) is 23.2 Å². The molecule has 22 heavy (non-hydrogen) atoms. The summed E-state index contributed by atoms with van der Waals surface area (Å²) in [5.74, 6) is 0.671. The van der Waals surface area contributed by atoms with Crippen molar-refractivity contribution in [3.05, 3.63) is 64.0 Å². The summed E-state index contributed by atoms with van der Waals surface area (Å²) in [5, 5.41) is 8.04. The Morgan fingerprint density at radius 1 is 0.909 bits per heavy atom. The first-order valence-corrected chi connectivity index (χ1v) is 8.20. The quantitative estimate of drug-likeness (QED) is 0.484. The number of halogens is 2. The second-order valence-corrected chi connectivity index (χ2v) is 6.48. The number of rotatable bonds is 2. The van der Waals surface area contributed by atoms with Gasteiger partial charge in [0, 0.05) is 26.6 Å². The first-order valence-electron chi connectivity index (χ1n) is 6.57. The van der Waals surface area contributed by atoms with Crippen LogP contribution in [0.3, 0.4) is 0 Å². The van der Waals surface area contributed by atoms with Gasteiger partial charge in [-0.3, -0.25) is 0 Å². The number of aromatic nitrogens is 3. The normalized spacial score (nSPS) is 11.2. The minimum atomic E-state index is 0.671. The molecule has 0 N–H and O–H groups in total. The Kier molecular flexibility index (Phi) is 3.37. The molecule has 0 bridgehead atoms. The van der Waals surface area contributed by atoms with Crippen molar-refractivity contribution in [1.29, 1.82) is 0 Å². The van der Waals surface area contributed by atoms with Gasteiger partial charge in [0.05, 0.1) is 5.69 Å². The number of benzene rings is 2. The van der Waals surface area contributed by atoms with Gasteiger partial charge < -0.3 is 0 Å². The minimum absolute atomic E-state index is 0.671. The molecule has 0 saturated carbocycles. The van der Waals surface area contributed by atoms with Crippen molar-refractivity contribution in [2.75, 3.05) is 0 Å². The number of nitrogens with zero attached hydrogens (tertiary/aromatic N) is 3. The van der Waals surface area contributed by atoms with E-state index in [2.05, 4.69) is 10.1 Å². The predicted molar refractivity (Wildman–Crippen MR) is 91.8 cm³/mol. The van der Waals surface area contributed by atoms with Crippen LogP contribution in [0.5, 0.6) is 0 Å². The summed E-state index contributed by atoms with van der Waals surface area (Å²) in [5.41, 5.74) is 2.96. The number of thiazole rings is 1. The Balaban J connectivity index is 1.84. The molecule has 0 aliphatic heterocycles. The van der Waals surface area contributed by atoms with Crippen LogP contribution in [0.15, 0.2) is 53.9 Å². The number of hydrogen-bond donors (Lipinski definition) is 0. The summed E-state index contributed by atoms with van der Waals surface area (Å²) < 4.78 is 1.85. The van der Waals surface area contributed by atoms with Crippen molar-refractivity contribution in [3.8, 4) is 22.6 Å². The van der Waals surface area contributed by atoms with Crippen LogP contribution in [0.25, 0.3) is 27.6 Å². The number of fused-ring (bicyclic) bond motifs is 1. The zero-order chi connectivity index (χ0) is 15.1. The van der Waals surface area contributed by atoms with E-state index >= 15 is 0 Å². The smallest absolute Gasteiger partial charge is 0.203 e. The van der Waals surface area contributed by atoms with Crippen molar-refractivity contribution < 1.29 is 0 Å². The van der Waals surface area contributed by atoms with Gasteiger partial charge in [0.1, 0.15) is 0 Å². The van der Waals surface area contributed by atoms with Gasteiger partial charge in [0.2, 0.25) is 4.96 Å². The van der Waals surface area contributed by atoms with Crippen LogP contribution < -0.4 is 0 Å². The highest BCUT2D eigenvalue weighted by molar-refractivity contribution is 7.15. The van der Waals surface area contributed by atoms with Gasteiger partial charge in [-0.1, -0.05) is 47.5 Å². The van der Waals surface area contributed by atoms with Crippen LogP contribution in [0, 0.1) is 0 Å². The molecule has 3 nitrogen and oxygen atoms in total. The maximum Gasteiger partial charge on any atom is 0.213 e. The van der Waals surface area contributed by atoms with E-state index in [-0.39, 0.29) is 0 Å². The lowest BCUT2D eigenvalue weighted by atomic mass is 10.2. The SMILES string of the molecule is Clc1ccc(-c2csc3nc(-c4cccc(Cl)c4)nn23)cc1. The van der Waals surface area contributed by atoms with Gasteiger partial charge >= 0.3 is 0 Å². The maximum absolute atomic E-state index is 6.04. The summed E-state index contributed by atoms with van der Waals surface area (Å²) >= 11 is 13.5. The molecule has 0 spiro atoms. The van der Waals surface area contributed by atoms with Crippen LogP contribution in [0.4, 0.5) is 0 Å². The third-order valence-corrected chi connectivity index (χ3v) is 4.61. The Hall–Kier alpha value is -1.88. The standard InChI is InChI=1S/C16H9Cl2N3S/c17-12-6-4-10(5-7-12)14-9-22-16-19-15(20-21(14)16)11-2-1-3-13(18)8-11/h1-9H. The average Bonchev–Trinajstić information content (AvgIpc) is 3.08. The van der Waals surface area contributed by atoms with Crippen molar-refractivity contribution >= 4 is 39.5 Å².